The number of hydrogen-bond donors (Lipinski definition) is 4. The highest BCUT2D eigenvalue weighted by atomic mass is 19.3. The lowest BCUT2D eigenvalue weighted by Gasteiger charge is -2.32. The number of carbonyl (C=O) groups is 4. The van der Waals surface area contributed by atoms with Gasteiger partial charge in [-0.2, -0.15) is 8.78 Å². The fourth-order valence-corrected chi connectivity index (χ4v) is 9.41. The van der Waals surface area contributed by atoms with Crippen molar-refractivity contribution >= 4 is 45.8 Å². The SMILES string of the molecule is COC(=O)NC(C(=O)N1C[C@@H](COC(F)F)C[C@H]1c1nc2ccc3cc4c(cc3c2[nH]1)OCc1cc(-c2cnc([C@@H]3CC[C@H](C)N3C(=O)[C@@H](NC(=O)OC)C(C)C)[nH]2)ccc1-4)C(C)C. The van der Waals surface area contributed by atoms with Crippen LogP contribution in [0, 0.1) is 17.8 Å². The van der Waals surface area contributed by atoms with E-state index in [9.17, 15) is 28.0 Å². The summed E-state index contributed by atoms with van der Waals surface area (Å²) in [5.41, 5.74) is 6.04. The number of nitrogens with one attached hydrogen (secondary N) is 4. The number of imidazole rings is 2. The summed E-state index contributed by atoms with van der Waals surface area (Å²) >= 11 is 0. The van der Waals surface area contributed by atoms with Crippen molar-refractivity contribution in [1.29, 1.82) is 0 Å². The first kappa shape index (κ1) is 44.3. The molecule has 16 nitrogen and oxygen atoms in total. The van der Waals surface area contributed by atoms with Crippen LogP contribution in [0.1, 0.15) is 83.2 Å². The van der Waals surface area contributed by atoms with E-state index in [0.717, 1.165) is 57.1 Å². The van der Waals surface area contributed by atoms with Crippen LogP contribution in [0.5, 0.6) is 5.75 Å². The number of methoxy groups -OCH3 is 2. The Balaban J connectivity index is 1.05. The zero-order valence-electron chi connectivity index (χ0n) is 36.9. The molecule has 0 bridgehead atoms. The molecule has 2 fully saturated rings. The molecule has 3 aliphatic rings. The molecule has 1 unspecified atom stereocenters. The van der Waals surface area contributed by atoms with Crippen molar-refractivity contribution < 1.29 is 46.9 Å². The molecule has 18 heteroatoms. The number of likely N-dealkylation sites (tertiary alicyclic amines) is 2. The predicted octanol–water partition coefficient (Wildman–Crippen LogP) is 7.61. The monoisotopic (exact) mass is 884 g/mol. The number of benzene rings is 3. The third-order valence-corrected chi connectivity index (χ3v) is 12.7. The van der Waals surface area contributed by atoms with Gasteiger partial charge in [0.05, 0.1) is 55.8 Å². The minimum Gasteiger partial charge on any atom is -0.488 e. The average Bonchev–Trinajstić information content (AvgIpc) is 4.10. The molecule has 4 N–H and O–H groups in total. The van der Waals surface area contributed by atoms with Gasteiger partial charge in [-0.25, -0.2) is 19.6 Å². The number of alkyl carbamates (subject to hydrolysis) is 2. The molecule has 3 aromatic carbocycles. The van der Waals surface area contributed by atoms with Crippen molar-refractivity contribution in [3.63, 3.8) is 0 Å². The first-order valence-corrected chi connectivity index (χ1v) is 21.6. The van der Waals surface area contributed by atoms with Gasteiger partial charge in [0, 0.05) is 29.5 Å². The Hall–Kier alpha value is -6.30. The second-order valence-electron chi connectivity index (χ2n) is 17.6. The number of fused-ring (bicyclic) bond motifs is 6. The molecule has 6 atom stereocenters. The number of ether oxygens (including phenoxy) is 4. The normalized spacial score (nSPS) is 20.4. The highest BCUT2D eigenvalue weighted by Crippen LogP contribution is 2.44. The van der Waals surface area contributed by atoms with Crippen molar-refractivity contribution in [2.75, 3.05) is 27.4 Å². The summed E-state index contributed by atoms with van der Waals surface area (Å²) in [5.74, 6) is 0.476. The standard InChI is InChI=1S/C46H54F2N8O8/c1-22(2)37(53-45(59)61-6)42(57)55-19-25(20-64-44(47)48)14-35(55)41-50-32-12-10-26-16-31-29-11-9-27(15-28(29)21-63-36(31)17-30(26)39(32)52-41)33-18-49-40(51-33)34-13-8-24(5)56(34)43(58)38(23(3)4)54-46(60)62-7/h9-12,15-18,22-25,34-35,37-38,44H,8,13-14,19-21H2,1-7H3,(H,49,51)(H,50,52)(H,53,59)(H,54,60)/t24-,25-,34-,35-,37?,38-/m0/s1. The average molecular weight is 885 g/mol. The summed E-state index contributed by atoms with van der Waals surface area (Å²) in [6, 6.07) is 11.6. The first-order chi connectivity index (χ1) is 30.6. The zero-order valence-corrected chi connectivity index (χ0v) is 36.9. The predicted molar refractivity (Wildman–Crippen MR) is 232 cm³/mol. The lowest BCUT2D eigenvalue weighted by atomic mass is 9.92. The van der Waals surface area contributed by atoms with Crippen molar-refractivity contribution in [2.45, 2.75) is 97.3 Å². The molecule has 0 aliphatic carbocycles. The van der Waals surface area contributed by atoms with Crippen molar-refractivity contribution in [3.8, 4) is 28.1 Å². The third kappa shape index (κ3) is 8.54. The second-order valence-corrected chi connectivity index (χ2v) is 17.6. The molecule has 2 aromatic heterocycles. The summed E-state index contributed by atoms with van der Waals surface area (Å²) < 4.78 is 46.9. The topological polar surface area (TPSA) is 193 Å². The summed E-state index contributed by atoms with van der Waals surface area (Å²) in [6.07, 6.45) is 2.23. The molecule has 64 heavy (non-hydrogen) atoms. The van der Waals surface area contributed by atoms with Crippen molar-refractivity contribution in [3.05, 3.63) is 65.9 Å². The Labute approximate surface area is 368 Å². The van der Waals surface area contributed by atoms with Crippen molar-refractivity contribution in [1.82, 2.24) is 40.4 Å². The van der Waals surface area contributed by atoms with Crippen LogP contribution in [0.15, 0.2) is 48.7 Å². The highest BCUT2D eigenvalue weighted by molar-refractivity contribution is 6.07. The Morgan fingerprint density at radius 3 is 2.28 bits per heavy atom. The van der Waals surface area contributed by atoms with Gasteiger partial charge in [-0.1, -0.05) is 45.9 Å². The molecule has 8 rings (SSSR count). The molecule has 5 heterocycles. The number of rotatable bonds is 12. The Morgan fingerprint density at radius 2 is 1.59 bits per heavy atom. The molecule has 3 aliphatic heterocycles. The van der Waals surface area contributed by atoms with E-state index in [1.807, 2.05) is 49.9 Å². The third-order valence-electron chi connectivity index (χ3n) is 12.7. The van der Waals surface area contributed by atoms with E-state index in [0.29, 0.717) is 35.9 Å². The van der Waals surface area contributed by atoms with Gasteiger partial charge in [-0.15, -0.1) is 0 Å². The highest BCUT2D eigenvalue weighted by Gasteiger charge is 2.43. The van der Waals surface area contributed by atoms with Crippen LogP contribution in [0.2, 0.25) is 0 Å². The van der Waals surface area contributed by atoms with Crippen LogP contribution >= 0.6 is 0 Å². The second kappa shape index (κ2) is 18.1. The van der Waals surface area contributed by atoms with Gasteiger partial charge < -0.3 is 49.3 Å². The number of halogens is 2. The number of carbonyl (C=O) groups excluding carboxylic acids is 4. The van der Waals surface area contributed by atoms with Crippen molar-refractivity contribution in [2.24, 2.45) is 17.8 Å². The zero-order chi connectivity index (χ0) is 45.6. The minimum absolute atomic E-state index is 0.0420. The maximum absolute atomic E-state index is 14.0. The van der Waals surface area contributed by atoms with Crippen LogP contribution in [-0.4, -0.2) is 106 Å². The first-order valence-electron chi connectivity index (χ1n) is 21.6. The minimum atomic E-state index is -2.95. The molecule has 4 amide bonds. The van der Waals surface area contributed by atoms with Gasteiger partial charge >= 0.3 is 18.8 Å². The molecular formula is C46H54F2N8O8. The number of amides is 4. The molecular weight excluding hydrogens is 831 g/mol. The largest absolute Gasteiger partial charge is 0.488 e. The van der Waals surface area contributed by atoms with E-state index in [4.69, 9.17) is 24.2 Å². The van der Waals surface area contributed by atoms with Gasteiger partial charge in [0.15, 0.2) is 0 Å². The molecule has 2 saturated heterocycles. The van der Waals surface area contributed by atoms with Gasteiger partial charge in [0.2, 0.25) is 11.8 Å². The smallest absolute Gasteiger partial charge is 0.407 e. The quantitative estimate of drug-likeness (QED) is 0.0970. The fraction of sp³-hybridized carbons (Fsp3) is 0.478. The summed E-state index contributed by atoms with van der Waals surface area (Å²) in [7, 11) is 2.50. The summed E-state index contributed by atoms with van der Waals surface area (Å²) in [5, 5.41) is 7.12. The Morgan fingerprint density at radius 1 is 0.875 bits per heavy atom. The molecule has 340 valence electrons. The lowest BCUT2D eigenvalue weighted by molar-refractivity contribution is -0.139. The lowest BCUT2D eigenvalue weighted by Crippen LogP contribution is -2.52. The molecule has 0 radical (unpaired) electrons. The number of hydrogen-bond acceptors (Lipinski definition) is 10. The number of alkyl halides is 2. The maximum atomic E-state index is 14.0. The number of aromatic amines is 2. The van der Waals surface area contributed by atoms with Crippen LogP contribution in [-0.2, 0) is 30.4 Å². The Kier molecular flexibility index (Phi) is 12.5. The Bertz CT molecular complexity index is 2580. The van der Waals surface area contributed by atoms with Crippen LogP contribution in [0.3, 0.4) is 0 Å². The summed E-state index contributed by atoms with van der Waals surface area (Å²) in [4.78, 5) is 72.2. The fourth-order valence-electron chi connectivity index (χ4n) is 9.41. The molecule has 0 spiro atoms. The van der Waals surface area contributed by atoms with E-state index < -0.39 is 42.8 Å². The maximum Gasteiger partial charge on any atom is 0.407 e. The number of H-pyrrole nitrogens is 2. The van der Waals surface area contributed by atoms with E-state index in [-0.39, 0.29) is 48.9 Å². The van der Waals surface area contributed by atoms with Crippen LogP contribution in [0.4, 0.5) is 18.4 Å². The number of nitrogens with zero attached hydrogens (tertiary/aromatic N) is 4. The van der Waals surface area contributed by atoms with Crippen LogP contribution in [0.25, 0.3) is 44.2 Å². The van der Waals surface area contributed by atoms with Gasteiger partial charge in [-0.05, 0) is 84.4 Å². The van der Waals surface area contributed by atoms with E-state index in [1.165, 1.54) is 14.2 Å². The molecule has 0 saturated carbocycles. The summed E-state index contributed by atoms with van der Waals surface area (Å²) in [6.45, 7) is 6.66. The van der Waals surface area contributed by atoms with E-state index >= 15 is 0 Å². The van der Waals surface area contributed by atoms with Gasteiger partial charge in [0.25, 0.3) is 0 Å². The van der Waals surface area contributed by atoms with E-state index in [1.54, 1.807) is 24.9 Å². The van der Waals surface area contributed by atoms with Gasteiger partial charge in [-0.3, -0.25) is 9.59 Å². The van der Waals surface area contributed by atoms with E-state index in [2.05, 4.69) is 43.5 Å². The van der Waals surface area contributed by atoms with Crippen LogP contribution < -0.4 is 15.4 Å². The number of aromatic nitrogens is 4. The van der Waals surface area contributed by atoms with Gasteiger partial charge in [0.1, 0.15) is 36.1 Å². The molecule has 5 aromatic rings.